The van der Waals surface area contributed by atoms with Gasteiger partial charge in [0, 0.05) is 52.4 Å². The number of hydrogen-bond donors (Lipinski definition) is 4. The zero-order valence-corrected chi connectivity index (χ0v) is 11.6. The van der Waals surface area contributed by atoms with Crippen molar-refractivity contribution in [2.75, 3.05) is 52.4 Å². The van der Waals surface area contributed by atoms with E-state index in [1.54, 1.807) is 0 Å². The van der Waals surface area contributed by atoms with Gasteiger partial charge >= 0.3 is 18.3 Å². The fourth-order valence-electron chi connectivity index (χ4n) is 1.95. The lowest BCUT2D eigenvalue weighted by Gasteiger charge is -2.28. The van der Waals surface area contributed by atoms with Crippen LogP contribution in [-0.2, 0) is 0 Å². The summed E-state index contributed by atoms with van der Waals surface area (Å²) in [5.41, 5.74) is 0. The standard InChI is InChI=1S/C11H20N4O6/c16-9(17)13-3-1-12-2-4-14(10(18)19)6-8-15(7-5-13)11(20)21/h12H,1-8H2,(H,16,17)(H,18,19)(H,20,21). The quantitative estimate of drug-likeness (QED) is 0.475. The molecule has 21 heavy (non-hydrogen) atoms. The Morgan fingerprint density at radius 3 is 1.19 bits per heavy atom. The van der Waals surface area contributed by atoms with E-state index in [4.69, 9.17) is 15.3 Å². The first-order valence-electron chi connectivity index (χ1n) is 6.56. The Morgan fingerprint density at radius 1 is 0.619 bits per heavy atom. The Labute approximate surface area is 121 Å². The summed E-state index contributed by atoms with van der Waals surface area (Å²) in [6, 6.07) is 0. The molecule has 0 aromatic heterocycles. The highest BCUT2D eigenvalue weighted by Crippen LogP contribution is 1.98. The smallest absolute Gasteiger partial charge is 0.407 e. The summed E-state index contributed by atoms with van der Waals surface area (Å²) < 4.78 is 0. The SMILES string of the molecule is O=C(O)N1CCNCCN(C(=O)O)CCN(C(=O)O)CC1. The van der Waals surface area contributed by atoms with Gasteiger partial charge in [0.05, 0.1) is 0 Å². The minimum absolute atomic E-state index is 0.00902. The van der Waals surface area contributed by atoms with Gasteiger partial charge in [-0.15, -0.1) is 0 Å². The summed E-state index contributed by atoms with van der Waals surface area (Å²) in [5.74, 6) is 0. The van der Waals surface area contributed by atoms with Gasteiger partial charge in [0.1, 0.15) is 0 Å². The van der Waals surface area contributed by atoms with E-state index >= 15 is 0 Å². The van der Waals surface area contributed by atoms with Crippen LogP contribution in [0.15, 0.2) is 0 Å². The average molecular weight is 304 g/mol. The predicted molar refractivity (Wildman–Crippen MR) is 71.7 cm³/mol. The third kappa shape index (κ3) is 5.73. The molecule has 0 atom stereocenters. The minimum atomic E-state index is -1.19. The van der Waals surface area contributed by atoms with Crippen LogP contribution < -0.4 is 5.32 Å². The third-order valence-electron chi connectivity index (χ3n) is 3.21. The van der Waals surface area contributed by atoms with E-state index in [0.29, 0.717) is 13.1 Å². The van der Waals surface area contributed by atoms with Gasteiger partial charge in [-0.2, -0.15) is 0 Å². The molecule has 0 unspecified atom stereocenters. The fourth-order valence-corrected chi connectivity index (χ4v) is 1.95. The maximum absolute atomic E-state index is 11.1. The summed E-state index contributed by atoms with van der Waals surface area (Å²) in [5, 5.41) is 30.1. The van der Waals surface area contributed by atoms with Gasteiger partial charge in [0.15, 0.2) is 0 Å². The molecular formula is C11H20N4O6. The second-order valence-corrected chi connectivity index (χ2v) is 4.56. The number of nitrogens with one attached hydrogen (secondary N) is 1. The number of amides is 3. The Hall–Kier alpha value is -2.23. The highest BCUT2D eigenvalue weighted by molar-refractivity contribution is 5.67. The molecule has 1 aliphatic heterocycles. The number of hydrogen-bond acceptors (Lipinski definition) is 4. The van der Waals surface area contributed by atoms with Crippen LogP contribution in [0.2, 0.25) is 0 Å². The minimum Gasteiger partial charge on any atom is -0.465 e. The number of carboxylic acid groups (broad SMARTS) is 3. The molecule has 1 heterocycles. The van der Waals surface area contributed by atoms with Crippen LogP contribution in [0, 0.1) is 0 Å². The van der Waals surface area contributed by atoms with Crippen molar-refractivity contribution in [1.82, 2.24) is 20.0 Å². The number of rotatable bonds is 0. The highest BCUT2D eigenvalue weighted by atomic mass is 16.4. The second-order valence-electron chi connectivity index (χ2n) is 4.56. The van der Waals surface area contributed by atoms with E-state index in [1.165, 1.54) is 0 Å². The topological polar surface area (TPSA) is 134 Å². The maximum atomic E-state index is 11.1. The molecule has 10 heteroatoms. The number of carbonyl (C=O) groups is 3. The summed E-state index contributed by atoms with van der Waals surface area (Å²) in [4.78, 5) is 36.5. The first kappa shape index (κ1) is 16.8. The Kier molecular flexibility index (Phi) is 6.53. The molecule has 120 valence electrons. The molecule has 1 saturated heterocycles. The molecule has 1 aliphatic rings. The van der Waals surface area contributed by atoms with Gasteiger partial charge < -0.3 is 35.3 Å². The summed E-state index contributed by atoms with van der Waals surface area (Å²) >= 11 is 0. The van der Waals surface area contributed by atoms with Gasteiger partial charge in [0.25, 0.3) is 0 Å². The van der Waals surface area contributed by atoms with Crippen molar-refractivity contribution < 1.29 is 29.7 Å². The van der Waals surface area contributed by atoms with Crippen LogP contribution >= 0.6 is 0 Å². The lowest BCUT2D eigenvalue weighted by atomic mass is 10.4. The van der Waals surface area contributed by atoms with E-state index in [1.807, 2.05) is 0 Å². The highest BCUT2D eigenvalue weighted by Gasteiger charge is 2.20. The monoisotopic (exact) mass is 304 g/mol. The molecule has 10 nitrogen and oxygen atoms in total. The van der Waals surface area contributed by atoms with Crippen molar-refractivity contribution in [3.05, 3.63) is 0 Å². The van der Waals surface area contributed by atoms with Crippen LogP contribution in [0.5, 0.6) is 0 Å². The van der Waals surface area contributed by atoms with Crippen molar-refractivity contribution >= 4 is 18.3 Å². The maximum Gasteiger partial charge on any atom is 0.407 e. The molecule has 0 radical (unpaired) electrons. The lowest BCUT2D eigenvalue weighted by Crippen LogP contribution is -2.48. The van der Waals surface area contributed by atoms with Crippen LogP contribution in [-0.4, -0.2) is 101 Å². The molecule has 0 aromatic carbocycles. The summed E-state index contributed by atoms with van der Waals surface area (Å²) in [6.07, 6.45) is -3.40. The van der Waals surface area contributed by atoms with Gasteiger partial charge in [-0.1, -0.05) is 0 Å². The van der Waals surface area contributed by atoms with E-state index in [9.17, 15) is 14.4 Å². The van der Waals surface area contributed by atoms with Gasteiger partial charge in [-0.25, -0.2) is 14.4 Å². The van der Waals surface area contributed by atoms with Crippen LogP contribution in [0.4, 0.5) is 14.4 Å². The molecule has 0 aliphatic carbocycles. The molecule has 4 N–H and O–H groups in total. The Morgan fingerprint density at radius 2 is 0.905 bits per heavy atom. The summed E-state index contributed by atoms with van der Waals surface area (Å²) in [7, 11) is 0. The lowest BCUT2D eigenvalue weighted by molar-refractivity contribution is 0.110. The Balaban J connectivity index is 2.71. The zero-order valence-electron chi connectivity index (χ0n) is 11.6. The van der Waals surface area contributed by atoms with E-state index in [2.05, 4.69) is 5.32 Å². The van der Waals surface area contributed by atoms with Crippen molar-refractivity contribution in [1.29, 1.82) is 0 Å². The fraction of sp³-hybridized carbons (Fsp3) is 0.727. The van der Waals surface area contributed by atoms with Crippen LogP contribution in [0.25, 0.3) is 0 Å². The average Bonchev–Trinajstić information content (AvgIpc) is 2.38. The molecule has 0 aromatic rings. The first-order chi connectivity index (χ1) is 9.91. The van der Waals surface area contributed by atoms with Crippen molar-refractivity contribution in [2.24, 2.45) is 0 Å². The van der Waals surface area contributed by atoms with Crippen LogP contribution in [0.3, 0.4) is 0 Å². The van der Waals surface area contributed by atoms with Gasteiger partial charge in [0.2, 0.25) is 0 Å². The van der Waals surface area contributed by atoms with Crippen molar-refractivity contribution in [3.63, 3.8) is 0 Å². The third-order valence-corrected chi connectivity index (χ3v) is 3.21. The second kappa shape index (κ2) is 8.15. The first-order valence-corrected chi connectivity index (χ1v) is 6.56. The van der Waals surface area contributed by atoms with E-state index in [-0.39, 0.29) is 39.3 Å². The molecular weight excluding hydrogens is 284 g/mol. The molecule has 1 fully saturated rings. The zero-order chi connectivity index (χ0) is 15.8. The largest absolute Gasteiger partial charge is 0.465 e. The molecule has 0 spiro atoms. The predicted octanol–water partition coefficient (Wildman–Crippen LogP) is -0.470. The Bertz CT molecular complexity index is 363. The van der Waals surface area contributed by atoms with Crippen molar-refractivity contribution in [2.45, 2.75) is 0 Å². The molecule has 1 rings (SSSR count). The van der Waals surface area contributed by atoms with E-state index in [0.717, 1.165) is 14.7 Å². The van der Waals surface area contributed by atoms with Crippen molar-refractivity contribution in [3.8, 4) is 0 Å². The molecule has 3 amide bonds. The van der Waals surface area contributed by atoms with E-state index < -0.39 is 18.3 Å². The molecule has 0 bridgehead atoms. The van der Waals surface area contributed by atoms with Crippen LogP contribution in [0.1, 0.15) is 0 Å². The normalized spacial score (nSPS) is 18.6. The van der Waals surface area contributed by atoms with Gasteiger partial charge in [-0.05, 0) is 0 Å². The van der Waals surface area contributed by atoms with Gasteiger partial charge in [-0.3, -0.25) is 0 Å². The summed E-state index contributed by atoms with van der Waals surface area (Å²) in [6.45, 7) is 1.32. The molecule has 0 saturated carbocycles. The number of nitrogens with zero attached hydrogens (tertiary/aromatic N) is 3.